The summed E-state index contributed by atoms with van der Waals surface area (Å²) < 4.78 is 6.85. The van der Waals surface area contributed by atoms with Crippen molar-refractivity contribution in [2.75, 3.05) is 11.9 Å². The first-order valence-corrected chi connectivity index (χ1v) is 7.59. The van der Waals surface area contributed by atoms with E-state index in [1.807, 2.05) is 20.8 Å². The zero-order chi connectivity index (χ0) is 17.8. The molecule has 0 fully saturated rings. The molecule has 0 spiro atoms. The van der Waals surface area contributed by atoms with Gasteiger partial charge in [-0.1, -0.05) is 0 Å². The number of hydrogen-bond acceptors (Lipinski definition) is 7. The van der Waals surface area contributed by atoms with Gasteiger partial charge in [-0.2, -0.15) is 5.10 Å². The van der Waals surface area contributed by atoms with Crippen LogP contribution in [0.4, 0.5) is 5.69 Å². The highest BCUT2D eigenvalue weighted by molar-refractivity contribution is 5.91. The highest BCUT2D eigenvalue weighted by Crippen LogP contribution is 2.14. The lowest BCUT2D eigenvalue weighted by molar-refractivity contribution is -0.118. The van der Waals surface area contributed by atoms with E-state index in [-0.39, 0.29) is 18.5 Å². The normalized spacial score (nSPS) is 10.5. The fraction of sp³-hybridized carbons (Fsp3) is 0.250. The van der Waals surface area contributed by atoms with Gasteiger partial charge < -0.3 is 10.1 Å². The van der Waals surface area contributed by atoms with Crippen LogP contribution in [0.1, 0.15) is 17.0 Å². The third kappa shape index (κ3) is 3.77. The maximum atomic E-state index is 11.9. The monoisotopic (exact) mass is 339 g/mol. The van der Waals surface area contributed by atoms with Crippen LogP contribution >= 0.6 is 0 Å². The van der Waals surface area contributed by atoms with E-state index in [0.29, 0.717) is 11.6 Å². The first-order valence-electron chi connectivity index (χ1n) is 7.59. The lowest BCUT2D eigenvalue weighted by Gasteiger charge is -2.07. The minimum atomic E-state index is -0.356. The molecule has 25 heavy (non-hydrogen) atoms. The van der Waals surface area contributed by atoms with Crippen LogP contribution in [0.15, 0.2) is 30.9 Å². The summed E-state index contributed by atoms with van der Waals surface area (Å²) in [7, 11) is 0. The van der Waals surface area contributed by atoms with Gasteiger partial charge in [0, 0.05) is 18.1 Å². The number of anilines is 1. The Hall–Kier alpha value is -3.36. The van der Waals surface area contributed by atoms with Crippen LogP contribution in [0.5, 0.6) is 6.01 Å². The number of ether oxygens (including phenoxy) is 1. The van der Waals surface area contributed by atoms with Crippen LogP contribution in [0, 0.1) is 20.8 Å². The first-order chi connectivity index (χ1) is 12.0. The second kappa shape index (κ2) is 7.04. The molecule has 0 radical (unpaired) electrons. The maximum Gasteiger partial charge on any atom is 0.316 e. The molecular formula is C16H17N7O2. The van der Waals surface area contributed by atoms with E-state index < -0.39 is 0 Å². The number of nitrogens with zero attached hydrogens (tertiary/aromatic N) is 6. The summed E-state index contributed by atoms with van der Waals surface area (Å²) in [6.07, 6.45) is 6.11. The fourth-order valence-electron chi connectivity index (χ4n) is 2.10. The van der Waals surface area contributed by atoms with Gasteiger partial charge in [0.1, 0.15) is 0 Å². The Morgan fingerprint density at radius 1 is 1.12 bits per heavy atom. The van der Waals surface area contributed by atoms with Gasteiger partial charge in [-0.05, 0) is 32.4 Å². The molecule has 0 saturated carbocycles. The number of aryl methyl sites for hydroxylation is 1. The van der Waals surface area contributed by atoms with Crippen molar-refractivity contribution in [2.24, 2.45) is 0 Å². The van der Waals surface area contributed by atoms with Crippen LogP contribution in [-0.2, 0) is 4.79 Å². The summed E-state index contributed by atoms with van der Waals surface area (Å²) in [4.78, 5) is 28.1. The molecule has 0 atom stereocenters. The third-order valence-corrected chi connectivity index (χ3v) is 3.64. The second-order valence-electron chi connectivity index (χ2n) is 5.35. The molecule has 1 amide bonds. The highest BCUT2D eigenvalue weighted by atomic mass is 16.5. The summed E-state index contributed by atoms with van der Waals surface area (Å²) in [5.41, 5.74) is 3.47. The molecule has 1 N–H and O–H groups in total. The summed E-state index contributed by atoms with van der Waals surface area (Å²) in [5, 5.41) is 7.05. The molecule has 0 saturated heterocycles. The number of hydrogen-bond donors (Lipinski definition) is 1. The molecule has 3 heterocycles. The van der Waals surface area contributed by atoms with Crippen molar-refractivity contribution in [2.45, 2.75) is 20.8 Å². The van der Waals surface area contributed by atoms with Crippen LogP contribution in [0.2, 0.25) is 0 Å². The van der Waals surface area contributed by atoms with Gasteiger partial charge in [-0.15, -0.1) is 0 Å². The van der Waals surface area contributed by atoms with Crippen molar-refractivity contribution in [1.29, 1.82) is 0 Å². The third-order valence-electron chi connectivity index (χ3n) is 3.64. The highest BCUT2D eigenvalue weighted by Gasteiger charge is 2.11. The van der Waals surface area contributed by atoms with Gasteiger partial charge in [-0.3, -0.25) is 4.79 Å². The molecule has 3 rings (SSSR count). The van der Waals surface area contributed by atoms with Gasteiger partial charge >= 0.3 is 6.01 Å². The second-order valence-corrected chi connectivity index (χ2v) is 5.35. The lowest BCUT2D eigenvalue weighted by Crippen LogP contribution is -2.21. The van der Waals surface area contributed by atoms with Crippen LogP contribution < -0.4 is 10.1 Å². The summed E-state index contributed by atoms with van der Waals surface area (Å²) >= 11 is 0. The smallest absolute Gasteiger partial charge is 0.316 e. The number of carbonyl (C=O) groups excluding carboxylic acids is 1. The van der Waals surface area contributed by atoms with E-state index in [0.717, 1.165) is 17.0 Å². The van der Waals surface area contributed by atoms with Crippen molar-refractivity contribution in [3.8, 4) is 12.0 Å². The minimum Gasteiger partial charge on any atom is -0.453 e. The largest absolute Gasteiger partial charge is 0.453 e. The number of rotatable bonds is 5. The summed E-state index contributed by atoms with van der Waals surface area (Å²) in [6, 6.07) is 1.81. The Bertz CT molecular complexity index is 876. The minimum absolute atomic E-state index is 0.143. The van der Waals surface area contributed by atoms with Crippen molar-refractivity contribution in [3.63, 3.8) is 0 Å². The molecule has 0 unspecified atom stereocenters. The fourth-order valence-corrected chi connectivity index (χ4v) is 2.10. The van der Waals surface area contributed by atoms with E-state index in [9.17, 15) is 4.79 Å². The average molecular weight is 339 g/mol. The summed E-state index contributed by atoms with van der Waals surface area (Å²) in [5.74, 6) is 0.0893. The zero-order valence-electron chi connectivity index (χ0n) is 14.1. The van der Waals surface area contributed by atoms with E-state index in [2.05, 4.69) is 30.4 Å². The number of amides is 1. The molecule has 0 bridgehead atoms. The predicted octanol–water partition coefficient (Wildman–Crippen LogP) is 1.40. The van der Waals surface area contributed by atoms with Crippen molar-refractivity contribution >= 4 is 11.6 Å². The molecule has 3 aromatic heterocycles. The summed E-state index contributed by atoms with van der Waals surface area (Å²) in [6.45, 7) is 5.68. The zero-order valence-corrected chi connectivity index (χ0v) is 14.1. The topological polar surface area (TPSA) is 108 Å². The Kier molecular flexibility index (Phi) is 4.64. The molecule has 9 heteroatoms. The molecule has 0 aliphatic heterocycles. The van der Waals surface area contributed by atoms with Gasteiger partial charge in [0.05, 0.1) is 23.8 Å². The molecule has 0 aromatic carbocycles. The standard InChI is InChI=1S/C16H17N7O2/c1-10-11(2)22-23(12(10)3)15-19-7-13(8-20-15)21-14(24)9-25-16-17-5-4-6-18-16/h4-8H,9H2,1-3H3,(H,21,24). The van der Waals surface area contributed by atoms with Crippen molar-refractivity contribution < 1.29 is 9.53 Å². The van der Waals surface area contributed by atoms with Crippen LogP contribution in [0.3, 0.4) is 0 Å². The van der Waals surface area contributed by atoms with Gasteiger partial charge in [-0.25, -0.2) is 24.6 Å². The Labute approximate surface area is 144 Å². The number of carbonyl (C=O) groups is 1. The van der Waals surface area contributed by atoms with Crippen molar-refractivity contribution in [1.82, 2.24) is 29.7 Å². The average Bonchev–Trinajstić information content (AvgIpc) is 2.89. The molecule has 128 valence electrons. The first kappa shape index (κ1) is 16.5. The Morgan fingerprint density at radius 2 is 1.80 bits per heavy atom. The molecule has 0 aliphatic carbocycles. The quantitative estimate of drug-likeness (QED) is 0.748. The Balaban J connectivity index is 1.62. The lowest BCUT2D eigenvalue weighted by atomic mass is 10.2. The van der Waals surface area contributed by atoms with E-state index in [1.54, 1.807) is 10.7 Å². The SMILES string of the molecule is Cc1nn(-c2ncc(NC(=O)COc3ncccn3)cn2)c(C)c1C. The molecular weight excluding hydrogens is 322 g/mol. The maximum absolute atomic E-state index is 11.9. The van der Waals surface area contributed by atoms with Crippen LogP contribution in [-0.4, -0.2) is 42.2 Å². The predicted molar refractivity (Wildman–Crippen MR) is 89.5 cm³/mol. The molecule has 9 nitrogen and oxygen atoms in total. The van der Waals surface area contributed by atoms with E-state index in [1.165, 1.54) is 24.8 Å². The van der Waals surface area contributed by atoms with Crippen molar-refractivity contribution in [3.05, 3.63) is 47.8 Å². The van der Waals surface area contributed by atoms with E-state index in [4.69, 9.17) is 4.74 Å². The van der Waals surface area contributed by atoms with Gasteiger partial charge in [0.25, 0.3) is 11.9 Å². The van der Waals surface area contributed by atoms with Gasteiger partial charge in [0.2, 0.25) is 0 Å². The Morgan fingerprint density at radius 3 is 2.40 bits per heavy atom. The molecule has 3 aromatic rings. The number of nitrogens with one attached hydrogen (secondary N) is 1. The number of aromatic nitrogens is 6. The van der Waals surface area contributed by atoms with Crippen LogP contribution in [0.25, 0.3) is 5.95 Å². The van der Waals surface area contributed by atoms with Gasteiger partial charge in [0.15, 0.2) is 6.61 Å². The molecule has 0 aliphatic rings. The van der Waals surface area contributed by atoms with E-state index >= 15 is 0 Å².